The molecule has 0 aliphatic carbocycles. The van der Waals surface area contributed by atoms with Gasteiger partial charge in [0, 0.05) is 49.6 Å². The third-order valence-electron chi connectivity index (χ3n) is 4.31. The molecule has 3 rings (SSSR count). The van der Waals surface area contributed by atoms with E-state index in [2.05, 4.69) is 20.1 Å². The predicted octanol–water partition coefficient (Wildman–Crippen LogP) is 2.49. The van der Waals surface area contributed by atoms with Gasteiger partial charge in [0.25, 0.3) is 5.91 Å². The molecule has 7 heteroatoms. The molecule has 138 valence electrons. The van der Waals surface area contributed by atoms with Crippen LogP contribution >= 0.6 is 11.6 Å². The van der Waals surface area contributed by atoms with E-state index in [0.29, 0.717) is 22.8 Å². The van der Waals surface area contributed by atoms with Crippen molar-refractivity contribution in [3.63, 3.8) is 0 Å². The molecule has 1 aromatic heterocycles. The van der Waals surface area contributed by atoms with E-state index in [1.807, 2.05) is 6.07 Å². The summed E-state index contributed by atoms with van der Waals surface area (Å²) in [6, 6.07) is 10.7. The van der Waals surface area contributed by atoms with Crippen LogP contribution in [0.5, 0.6) is 0 Å². The van der Waals surface area contributed by atoms with Gasteiger partial charge in [-0.15, -0.1) is 0 Å². The zero-order valence-corrected chi connectivity index (χ0v) is 15.5. The summed E-state index contributed by atoms with van der Waals surface area (Å²) in [6.45, 7) is 6.00. The van der Waals surface area contributed by atoms with Crippen molar-refractivity contribution in [2.75, 3.05) is 42.9 Å². The van der Waals surface area contributed by atoms with E-state index in [1.54, 1.807) is 43.5 Å². The summed E-state index contributed by atoms with van der Waals surface area (Å²) in [5.41, 5.74) is 1.15. The lowest BCUT2D eigenvalue weighted by molar-refractivity contribution is 0.102. The molecule has 0 saturated carbocycles. The monoisotopic (exact) mass is 374 g/mol. The van der Waals surface area contributed by atoms with Crippen LogP contribution in [0.3, 0.4) is 0 Å². The summed E-state index contributed by atoms with van der Waals surface area (Å²) in [4.78, 5) is 21.2. The van der Waals surface area contributed by atoms with E-state index in [-0.39, 0.29) is 12.0 Å². The first kappa shape index (κ1) is 18.6. The number of β-amino-alcohol motifs (C(OH)–C–C–N with tert-alkyl or cyclic N) is 1. The Morgan fingerprint density at radius 1 is 1.27 bits per heavy atom. The number of amides is 1. The van der Waals surface area contributed by atoms with Gasteiger partial charge in [0.1, 0.15) is 5.82 Å². The van der Waals surface area contributed by atoms with E-state index in [4.69, 9.17) is 11.6 Å². The number of aromatic nitrogens is 1. The molecule has 0 spiro atoms. The summed E-state index contributed by atoms with van der Waals surface area (Å²) < 4.78 is 0. The van der Waals surface area contributed by atoms with Crippen molar-refractivity contribution in [1.82, 2.24) is 9.88 Å². The van der Waals surface area contributed by atoms with Crippen molar-refractivity contribution in [2.24, 2.45) is 0 Å². The first-order valence-electron chi connectivity index (χ1n) is 8.69. The summed E-state index contributed by atoms with van der Waals surface area (Å²) >= 11 is 5.93. The normalized spacial score (nSPS) is 16.3. The van der Waals surface area contributed by atoms with E-state index in [9.17, 15) is 9.90 Å². The SMILES string of the molecule is C[C@@H](O)CN1CCN(c2ccc(C(=O)Nc3cccc(Cl)c3)cn2)CC1. The van der Waals surface area contributed by atoms with Gasteiger partial charge in [-0.2, -0.15) is 0 Å². The Bertz CT molecular complexity index is 743. The molecular weight excluding hydrogens is 352 g/mol. The largest absolute Gasteiger partial charge is 0.392 e. The van der Waals surface area contributed by atoms with Crippen LogP contribution < -0.4 is 10.2 Å². The van der Waals surface area contributed by atoms with Gasteiger partial charge < -0.3 is 15.3 Å². The average molecular weight is 375 g/mol. The van der Waals surface area contributed by atoms with Gasteiger partial charge in [-0.1, -0.05) is 17.7 Å². The van der Waals surface area contributed by atoms with Gasteiger partial charge >= 0.3 is 0 Å². The van der Waals surface area contributed by atoms with Gasteiger partial charge in [-0.25, -0.2) is 4.98 Å². The Morgan fingerprint density at radius 3 is 2.65 bits per heavy atom. The number of pyridine rings is 1. The maximum atomic E-state index is 12.3. The zero-order valence-electron chi connectivity index (χ0n) is 14.7. The number of hydrogen-bond acceptors (Lipinski definition) is 5. The third-order valence-corrected chi connectivity index (χ3v) is 4.55. The molecule has 6 nitrogen and oxygen atoms in total. The summed E-state index contributed by atoms with van der Waals surface area (Å²) in [5, 5.41) is 12.9. The molecule has 2 aromatic rings. The van der Waals surface area contributed by atoms with Crippen molar-refractivity contribution in [1.29, 1.82) is 0 Å². The van der Waals surface area contributed by atoms with Crippen LogP contribution in [0.25, 0.3) is 0 Å². The molecule has 26 heavy (non-hydrogen) atoms. The standard InChI is InChI=1S/C19H23ClN4O2/c1-14(25)13-23-7-9-24(10-8-23)18-6-5-15(12-21-18)19(26)22-17-4-2-3-16(20)11-17/h2-6,11-12,14,25H,7-10,13H2,1H3,(H,22,26)/t14-/m1/s1. The molecule has 1 saturated heterocycles. The second-order valence-corrected chi connectivity index (χ2v) is 6.94. The minimum absolute atomic E-state index is 0.215. The quantitative estimate of drug-likeness (QED) is 0.841. The molecule has 0 bridgehead atoms. The van der Waals surface area contributed by atoms with Crippen molar-refractivity contribution in [3.8, 4) is 0 Å². The average Bonchev–Trinajstić information content (AvgIpc) is 2.62. The Kier molecular flexibility index (Phi) is 6.08. The van der Waals surface area contributed by atoms with Crippen LogP contribution in [0.1, 0.15) is 17.3 Å². The van der Waals surface area contributed by atoms with E-state index >= 15 is 0 Å². The molecule has 1 atom stereocenters. The van der Waals surface area contributed by atoms with E-state index < -0.39 is 0 Å². The summed E-state index contributed by atoms with van der Waals surface area (Å²) in [7, 11) is 0. The van der Waals surface area contributed by atoms with Crippen LogP contribution in [-0.4, -0.2) is 59.7 Å². The molecule has 0 unspecified atom stereocenters. The first-order valence-corrected chi connectivity index (χ1v) is 9.07. The van der Waals surface area contributed by atoms with Gasteiger partial charge in [0.05, 0.1) is 11.7 Å². The number of benzene rings is 1. The minimum Gasteiger partial charge on any atom is -0.392 e. The molecule has 1 fully saturated rings. The Hall–Kier alpha value is -2.15. The Morgan fingerprint density at radius 2 is 2.04 bits per heavy atom. The fraction of sp³-hybridized carbons (Fsp3) is 0.368. The van der Waals surface area contributed by atoms with Gasteiger partial charge in [-0.3, -0.25) is 9.69 Å². The highest BCUT2D eigenvalue weighted by Crippen LogP contribution is 2.17. The number of aliphatic hydroxyl groups is 1. The maximum absolute atomic E-state index is 12.3. The number of carbonyl (C=O) groups excluding carboxylic acids is 1. The van der Waals surface area contributed by atoms with Crippen LogP contribution in [0.2, 0.25) is 5.02 Å². The fourth-order valence-electron chi connectivity index (χ4n) is 3.01. The fourth-order valence-corrected chi connectivity index (χ4v) is 3.20. The molecule has 1 amide bonds. The number of nitrogens with zero attached hydrogens (tertiary/aromatic N) is 3. The van der Waals surface area contributed by atoms with Crippen LogP contribution in [0, 0.1) is 0 Å². The number of anilines is 2. The maximum Gasteiger partial charge on any atom is 0.257 e. The highest BCUT2D eigenvalue weighted by Gasteiger charge is 2.19. The molecule has 2 heterocycles. The summed E-state index contributed by atoms with van der Waals surface area (Å²) in [5.74, 6) is 0.647. The lowest BCUT2D eigenvalue weighted by atomic mass is 10.2. The molecule has 1 aliphatic rings. The van der Waals surface area contributed by atoms with Crippen molar-refractivity contribution in [2.45, 2.75) is 13.0 Å². The van der Waals surface area contributed by atoms with E-state index in [0.717, 1.165) is 32.0 Å². The Balaban J connectivity index is 1.57. The number of piperazine rings is 1. The van der Waals surface area contributed by atoms with Gasteiger partial charge in [0.2, 0.25) is 0 Å². The van der Waals surface area contributed by atoms with Gasteiger partial charge in [-0.05, 0) is 37.3 Å². The van der Waals surface area contributed by atoms with Gasteiger partial charge in [0.15, 0.2) is 0 Å². The minimum atomic E-state index is -0.308. The Labute approximate surface area is 158 Å². The molecule has 1 aromatic carbocycles. The lowest BCUT2D eigenvalue weighted by Crippen LogP contribution is -2.48. The van der Waals surface area contributed by atoms with Crippen LogP contribution in [0.4, 0.5) is 11.5 Å². The number of nitrogens with one attached hydrogen (secondary N) is 1. The highest BCUT2D eigenvalue weighted by atomic mass is 35.5. The van der Waals surface area contributed by atoms with Crippen LogP contribution in [0.15, 0.2) is 42.6 Å². The number of hydrogen-bond donors (Lipinski definition) is 2. The summed E-state index contributed by atoms with van der Waals surface area (Å²) in [6.07, 6.45) is 1.29. The molecule has 2 N–H and O–H groups in total. The van der Waals surface area contributed by atoms with Crippen molar-refractivity contribution >= 4 is 29.0 Å². The second kappa shape index (κ2) is 8.49. The lowest BCUT2D eigenvalue weighted by Gasteiger charge is -2.35. The molecular formula is C19H23ClN4O2. The molecule has 1 aliphatic heterocycles. The van der Waals surface area contributed by atoms with Crippen molar-refractivity contribution < 1.29 is 9.90 Å². The second-order valence-electron chi connectivity index (χ2n) is 6.51. The van der Waals surface area contributed by atoms with Crippen LogP contribution in [-0.2, 0) is 0 Å². The third kappa shape index (κ3) is 4.94. The first-order chi connectivity index (χ1) is 12.5. The van der Waals surface area contributed by atoms with Crippen molar-refractivity contribution in [3.05, 3.63) is 53.2 Å². The number of rotatable bonds is 5. The smallest absolute Gasteiger partial charge is 0.257 e. The number of aliphatic hydroxyl groups excluding tert-OH is 1. The zero-order chi connectivity index (χ0) is 18.5. The van der Waals surface area contributed by atoms with E-state index in [1.165, 1.54) is 0 Å². The number of halogens is 1. The predicted molar refractivity (Wildman–Crippen MR) is 104 cm³/mol. The topological polar surface area (TPSA) is 68.7 Å². The highest BCUT2D eigenvalue weighted by molar-refractivity contribution is 6.30. The number of carbonyl (C=O) groups is 1. The molecule has 0 radical (unpaired) electrons.